The van der Waals surface area contributed by atoms with Crippen molar-refractivity contribution in [3.63, 3.8) is 0 Å². The Morgan fingerprint density at radius 1 is 1.07 bits per heavy atom. The summed E-state index contributed by atoms with van der Waals surface area (Å²) in [7, 11) is -4.24. The molecule has 0 fully saturated rings. The molecule has 5 N–H and O–H groups in total. The van der Waals surface area contributed by atoms with Crippen molar-refractivity contribution in [3.8, 4) is 11.5 Å². The summed E-state index contributed by atoms with van der Waals surface area (Å²) in [5, 5.41) is 17.8. The van der Waals surface area contributed by atoms with Crippen LogP contribution in [0.1, 0.15) is 53.0 Å². The summed E-state index contributed by atoms with van der Waals surface area (Å²) >= 11 is 0. The molecular weight excluding hydrogens is 560 g/mol. The van der Waals surface area contributed by atoms with Crippen molar-refractivity contribution >= 4 is 21.8 Å². The number of hydrogen-bond acceptors (Lipinski definition) is 8. The second-order valence-electron chi connectivity index (χ2n) is 12.0. The highest BCUT2D eigenvalue weighted by Gasteiger charge is 2.44. The number of ether oxygens (including phenoxy) is 2. The van der Waals surface area contributed by atoms with Gasteiger partial charge in [-0.05, 0) is 29.0 Å². The van der Waals surface area contributed by atoms with Gasteiger partial charge in [0.15, 0.2) is 11.5 Å². The van der Waals surface area contributed by atoms with Gasteiger partial charge in [-0.3, -0.25) is 9.59 Å². The van der Waals surface area contributed by atoms with Gasteiger partial charge in [0.05, 0.1) is 4.90 Å². The van der Waals surface area contributed by atoms with Crippen LogP contribution >= 0.6 is 0 Å². The molecule has 0 radical (unpaired) electrons. The minimum absolute atomic E-state index is 0.00553. The summed E-state index contributed by atoms with van der Waals surface area (Å²) in [5.74, 6) is -0.160. The number of rotatable bonds is 14. The maximum Gasteiger partial charge on any atom is 0.245 e. The first-order valence-corrected chi connectivity index (χ1v) is 15.6. The van der Waals surface area contributed by atoms with Crippen LogP contribution in [0.5, 0.6) is 11.5 Å². The molecule has 2 amide bonds. The molecule has 1 heterocycles. The molecule has 0 spiro atoms. The largest absolute Gasteiger partial charge is 0.454 e. The van der Waals surface area contributed by atoms with Crippen molar-refractivity contribution in [2.45, 2.75) is 70.5 Å². The van der Waals surface area contributed by atoms with E-state index in [4.69, 9.17) is 15.2 Å². The summed E-state index contributed by atoms with van der Waals surface area (Å²) in [6.45, 7) is 9.33. The average molecular weight is 605 g/mol. The molecule has 2 atom stereocenters. The molecule has 232 valence electrons. The lowest BCUT2D eigenvalue weighted by Crippen LogP contribution is -2.57. The van der Waals surface area contributed by atoms with Crippen LogP contribution in [0.2, 0.25) is 0 Å². The Balaban J connectivity index is 1.93. The molecule has 11 nitrogen and oxygen atoms in total. The fraction of sp³-hybridized carbons (Fsp3) is 0.533. The van der Waals surface area contributed by atoms with Crippen molar-refractivity contribution in [2.24, 2.45) is 17.1 Å². The Hall–Kier alpha value is -3.19. The predicted molar refractivity (Wildman–Crippen MR) is 159 cm³/mol. The van der Waals surface area contributed by atoms with Gasteiger partial charge >= 0.3 is 0 Å². The lowest BCUT2D eigenvalue weighted by molar-refractivity contribution is -0.132. The quantitative estimate of drug-likeness (QED) is 0.239. The van der Waals surface area contributed by atoms with E-state index in [0.29, 0.717) is 11.5 Å². The van der Waals surface area contributed by atoms with Crippen LogP contribution in [0.3, 0.4) is 0 Å². The van der Waals surface area contributed by atoms with Gasteiger partial charge in [0.25, 0.3) is 0 Å². The molecule has 1 aliphatic heterocycles. The van der Waals surface area contributed by atoms with Crippen LogP contribution in [0.25, 0.3) is 0 Å². The number of aliphatic hydroxyl groups is 1. The Kier molecular flexibility index (Phi) is 11.0. The average Bonchev–Trinajstić information content (AvgIpc) is 3.38. The monoisotopic (exact) mass is 604 g/mol. The van der Waals surface area contributed by atoms with Crippen LogP contribution in [-0.4, -0.2) is 67.8 Å². The Morgan fingerprint density at radius 2 is 1.74 bits per heavy atom. The van der Waals surface area contributed by atoms with E-state index in [1.165, 1.54) is 18.2 Å². The lowest BCUT2D eigenvalue weighted by Gasteiger charge is -2.40. The van der Waals surface area contributed by atoms with Crippen molar-refractivity contribution < 1.29 is 32.6 Å². The molecule has 2 aromatic carbocycles. The van der Waals surface area contributed by atoms with E-state index < -0.39 is 33.1 Å². The summed E-state index contributed by atoms with van der Waals surface area (Å²) in [6, 6.07) is 12.6. The molecule has 0 saturated carbocycles. The summed E-state index contributed by atoms with van der Waals surface area (Å²) in [5.41, 5.74) is 3.70. The number of hydrogen-bond donors (Lipinski definition) is 4. The maximum atomic E-state index is 14.1. The maximum absolute atomic E-state index is 14.1. The Bertz CT molecular complexity index is 1330. The first-order valence-electron chi connectivity index (χ1n) is 14.1. The van der Waals surface area contributed by atoms with Crippen LogP contribution in [-0.2, 0) is 26.0 Å². The number of carbonyl (C=O) groups excluding carboxylic acids is 2. The van der Waals surface area contributed by atoms with E-state index in [2.05, 4.69) is 10.6 Å². The van der Waals surface area contributed by atoms with Gasteiger partial charge in [-0.15, -0.1) is 0 Å². The number of carbonyl (C=O) groups is 2. The van der Waals surface area contributed by atoms with Crippen molar-refractivity contribution in [3.05, 3.63) is 54.1 Å². The Morgan fingerprint density at radius 3 is 2.36 bits per heavy atom. The number of nitrogens with two attached hydrogens (primary N) is 1. The molecule has 2 aromatic rings. The second-order valence-corrected chi connectivity index (χ2v) is 13.9. The SMILES string of the molecule is CC(C)CN(C(O)(CCNC(=O)C(NC(=O)CCN)C(C)(C)C)Cc1ccccc1)S(=O)(=O)c1ccc2c(c1)OCO2. The fourth-order valence-corrected chi connectivity index (χ4v) is 6.59. The minimum atomic E-state index is -4.24. The van der Waals surface area contributed by atoms with E-state index in [-0.39, 0.29) is 62.4 Å². The Labute approximate surface area is 248 Å². The van der Waals surface area contributed by atoms with Gasteiger partial charge in [-0.25, -0.2) is 8.42 Å². The lowest BCUT2D eigenvalue weighted by atomic mass is 9.86. The smallest absolute Gasteiger partial charge is 0.245 e. The molecular formula is C30H44N4O7S. The van der Waals surface area contributed by atoms with Gasteiger partial charge in [0.2, 0.25) is 28.6 Å². The van der Waals surface area contributed by atoms with Gasteiger partial charge < -0.3 is 30.9 Å². The highest BCUT2D eigenvalue weighted by Crippen LogP contribution is 2.37. The number of nitrogens with one attached hydrogen (secondary N) is 2. The molecule has 1 aliphatic rings. The molecule has 0 aliphatic carbocycles. The van der Waals surface area contributed by atoms with E-state index in [1.807, 2.05) is 65.0 Å². The van der Waals surface area contributed by atoms with Crippen LogP contribution in [0.4, 0.5) is 0 Å². The number of benzene rings is 2. The van der Waals surface area contributed by atoms with Gasteiger partial charge in [0.1, 0.15) is 11.8 Å². The van der Waals surface area contributed by atoms with E-state index in [0.717, 1.165) is 9.87 Å². The number of amides is 2. The molecule has 42 heavy (non-hydrogen) atoms. The van der Waals surface area contributed by atoms with Crippen molar-refractivity contribution in [1.29, 1.82) is 0 Å². The molecule has 0 saturated heterocycles. The zero-order valence-electron chi connectivity index (χ0n) is 25.1. The first kappa shape index (κ1) is 33.3. The minimum Gasteiger partial charge on any atom is -0.454 e. The zero-order valence-corrected chi connectivity index (χ0v) is 25.9. The molecule has 0 bridgehead atoms. The number of fused-ring (bicyclic) bond motifs is 1. The molecule has 0 aromatic heterocycles. The van der Waals surface area contributed by atoms with Gasteiger partial charge in [-0.2, -0.15) is 4.31 Å². The summed E-state index contributed by atoms with van der Waals surface area (Å²) < 4.78 is 40.2. The summed E-state index contributed by atoms with van der Waals surface area (Å²) in [6.07, 6.45) is -0.0491. The van der Waals surface area contributed by atoms with E-state index >= 15 is 0 Å². The van der Waals surface area contributed by atoms with E-state index in [1.54, 1.807) is 0 Å². The van der Waals surface area contributed by atoms with Gasteiger partial charge in [-0.1, -0.05) is 65.0 Å². The van der Waals surface area contributed by atoms with E-state index in [9.17, 15) is 23.1 Å². The summed E-state index contributed by atoms with van der Waals surface area (Å²) in [4.78, 5) is 25.5. The first-order chi connectivity index (χ1) is 19.7. The predicted octanol–water partition coefficient (Wildman–Crippen LogP) is 2.38. The third-order valence-electron chi connectivity index (χ3n) is 6.89. The van der Waals surface area contributed by atoms with Crippen molar-refractivity contribution in [1.82, 2.24) is 14.9 Å². The number of nitrogens with zero attached hydrogens (tertiary/aromatic N) is 1. The van der Waals surface area contributed by atoms with Crippen LogP contribution in [0.15, 0.2) is 53.4 Å². The van der Waals surface area contributed by atoms with Crippen molar-refractivity contribution in [2.75, 3.05) is 26.4 Å². The highest BCUT2D eigenvalue weighted by atomic mass is 32.2. The molecule has 3 rings (SSSR count). The fourth-order valence-electron chi connectivity index (χ4n) is 4.74. The third-order valence-corrected chi connectivity index (χ3v) is 8.81. The van der Waals surface area contributed by atoms with Gasteiger partial charge in [0, 0.05) is 45.0 Å². The third kappa shape index (κ3) is 8.43. The molecule has 2 unspecified atom stereocenters. The normalized spacial score (nSPS) is 15.4. The second kappa shape index (κ2) is 13.9. The molecule has 12 heteroatoms. The number of sulfonamides is 1. The standard InChI is InChI=1S/C30H44N4O7S/c1-21(2)19-34(42(38,39)23-11-12-24-25(17-23)41-20-40-24)30(37,18-22-9-7-6-8-10-22)14-16-32-28(36)27(29(3,4)5)33-26(35)13-15-31/h6-12,17,21,27,37H,13-16,18-20,31H2,1-5H3,(H,32,36)(H,33,35). The topological polar surface area (TPSA) is 160 Å². The van der Waals surface area contributed by atoms with Crippen LogP contribution in [0, 0.1) is 11.3 Å². The highest BCUT2D eigenvalue weighted by molar-refractivity contribution is 7.89. The zero-order chi connectivity index (χ0) is 31.1. The van der Waals surface area contributed by atoms with Crippen LogP contribution < -0.4 is 25.8 Å².